The van der Waals surface area contributed by atoms with Crippen molar-refractivity contribution >= 4 is 27.5 Å². The summed E-state index contributed by atoms with van der Waals surface area (Å²) in [4.78, 5) is -0.183. The summed E-state index contributed by atoms with van der Waals surface area (Å²) in [5.41, 5.74) is 1.95. The molecule has 0 radical (unpaired) electrons. The van der Waals surface area contributed by atoms with Crippen molar-refractivity contribution in [2.75, 3.05) is 0 Å². The smallest absolute Gasteiger partial charge is 0.129 e. The molecule has 0 fully saturated rings. The lowest BCUT2D eigenvalue weighted by molar-refractivity contribution is 0.554. The number of alkyl halides is 1. The Balaban J connectivity index is 2.31. The first-order valence-corrected chi connectivity index (χ1v) is 7.12. The van der Waals surface area contributed by atoms with Crippen molar-refractivity contribution in [3.63, 3.8) is 0 Å². The van der Waals surface area contributed by atoms with E-state index in [0.717, 1.165) is 11.1 Å². The molecule has 0 nitrogen and oxygen atoms in total. The second-order valence-electron chi connectivity index (χ2n) is 4.33. The summed E-state index contributed by atoms with van der Waals surface area (Å²) < 4.78 is 27.2. The second-order valence-corrected chi connectivity index (χ2v) is 5.84. The first-order valence-electron chi connectivity index (χ1n) is 5.82. The maximum Gasteiger partial charge on any atom is 0.129 e. The lowest BCUT2D eigenvalue weighted by Gasteiger charge is -2.15. The molecule has 19 heavy (non-hydrogen) atoms. The van der Waals surface area contributed by atoms with Gasteiger partial charge in [0.05, 0.1) is 0 Å². The highest BCUT2D eigenvalue weighted by Crippen LogP contribution is 2.33. The Morgan fingerprint density at radius 1 is 1.11 bits per heavy atom. The lowest BCUT2D eigenvalue weighted by atomic mass is 10.00. The molecule has 0 aliphatic rings. The van der Waals surface area contributed by atoms with Gasteiger partial charge in [-0.25, -0.2) is 8.78 Å². The molecular weight excluding hydrogens is 334 g/mol. The Morgan fingerprint density at radius 2 is 1.68 bits per heavy atom. The van der Waals surface area contributed by atoms with Crippen molar-refractivity contribution in [2.24, 2.45) is 0 Å². The summed E-state index contributed by atoms with van der Waals surface area (Å²) in [5, 5.41) is 0.649. The van der Waals surface area contributed by atoms with Crippen LogP contribution < -0.4 is 0 Å². The molecule has 0 saturated heterocycles. The fourth-order valence-electron chi connectivity index (χ4n) is 1.98. The first-order chi connectivity index (χ1) is 9.00. The number of benzene rings is 2. The zero-order valence-corrected chi connectivity index (χ0v) is 12.6. The van der Waals surface area contributed by atoms with E-state index in [1.807, 2.05) is 19.1 Å². The fourth-order valence-corrected chi connectivity index (χ4v) is 2.98. The normalized spacial score (nSPS) is 12.5. The highest BCUT2D eigenvalue weighted by atomic mass is 79.9. The summed E-state index contributed by atoms with van der Waals surface area (Å²) in [5.74, 6) is -1.05. The molecule has 100 valence electrons. The zero-order valence-electron chi connectivity index (χ0n) is 10.3. The van der Waals surface area contributed by atoms with E-state index in [0.29, 0.717) is 5.02 Å². The van der Waals surface area contributed by atoms with Gasteiger partial charge in [-0.05, 0) is 42.7 Å². The molecule has 4 heteroatoms. The van der Waals surface area contributed by atoms with Crippen LogP contribution in [0.15, 0.2) is 36.4 Å². The van der Waals surface area contributed by atoms with Crippen molar-refractivity contribution in [2.45, 2.75) is 18.2 Å². The third-order valence-electron chi connectivity index (χ3n) is 3.09. The van der Waals surface area contributed by atoms with Gasteiger partial charge in [0.25, 0.3) is 0 Å². The van der Waals surface area contributed by atoms with Gasteiger partial charge in [0.15, 0.2) is 0 Å². The largest absolute Gasteiger partial charge is 0.207 e. The quantitative estimate of drug-likeness (QED) is 0.635. The number of halogens is 4. The molecule has 0 aliphatic heterocycles. The molecular formula is C15H12BrClF2. The zero-order chi connectivity index (χ0) is 14.0. The minimum atomic E-state index is -0.524. The lowest BCUT2D eigenvalue weighted by Crippen LogP contribution is -2.03. The molecule has 0 amide bonds. The molecule has 2 rings (SSSR count). The third kappa shape index (κ3) is 3.15. The topological polar surface area (TPSA) is 0 Å². The van der Waals surface area contributed by atoms with E-state index in [4.69, 9.17) is 11.6 Å². The average molecular weight is 346 g/mol. The van der Waals surface area contributed by atoms with Gasteiger partial charge in [-0.2, -0.15) is 0 Å². The molecule has 0 bridgehead atoms. The Morgan fingerprint density at radius 3 is 2.32 bits per heavy atom. The van der Waals surface area contributed by atoms with Crippen LogP contribution in [-0.2, 0) is 6.42 Å². The predicted octanol–water partition coefficient (Wildman–Crippen LogP) is 5.61. The molecule has 0 aromatic heterocycles. The molecule has 0 saturated carbocycles. The van der Waals surface area contributed by atoms with E-state index < -0.39 is 11.6 Å². The van der Waals surface area contributed by atoms with Gasteiger partial charge in [-0.1, -0.05) is 45.7 Å². The summed E-state index contributed by atoms with van der Waals surface area (Å²) in [6.07, 6.45) is 0.236. The summed E-state index contributed by atoms with van der Waals surface area (Å²) in [7, 11) is 0. The van der Waals surface area contributed by atoms with E-state index in [2.05, 4.69) is 15.9 Å². The van der Waals surface area contributed by atoms with Crippen LogP contribution in [0.3, 0.4) is 0 Å². The van der Waals surface area contributed by atoms with Crippen LogP contribution in [0.2, 0.25) is 5.02 Å². The van der Waals surface area contributed by atoms with Crippen LogP contribution in [0.5, 0.6) is 0 Å². The monoisotopic (exact) mass is 344 g/mol. The second kappa shape index (κ2) is 6.02. The van der Waals surface area contributed by atoms with E-state index in [9.17, 15) is 8.78 Å². The standard InChI is InChI=1S/C15H12BrClF2/c1-9-10(4-2-5-13(9)17)12(16)8-11-14(18)6-3-7-15(11)19/h2-7,12H,8H2,1H3. The van der Waals surface area contributed by atoms with Crippen LogP contribution in [0.1, 0.15) is 21.5 Å². The SMILES string of the molecule is Cc1c(Cl)cccc1C(Br)Cc1c(F)cccc1F. The number of hydrogen-bond acceptors (Lipinski definition) is 0. The third-order valence-corrected chi connectivity index (χ3v) is 4.32. The van der Waals surface area contributed by atoms with E-state index in [-0.39, 0.29) is 16.8 Å². The molecule has 2 aromatic rings. The number of hydrogen-bond donors (Lipinski definition) is 0. The van der Waals surface area contributed by atoms with Crippen LogP contribution in [-0.4, -0.2) is 0 Å². The summed E-state index contributed by atoms with van der Waals surface area (Å²) >= 11 is 9.54. The number of rotatable bonds is 3. The summed E-state index contributed by atoms with van der Waals surface area (Å²) in [6, 6.07) is 9.42. The molecule has 0 heterocycles. The van der Waals surface area contributed by atoms with Crippen LogP contribution in [0.25, 0.3) is 0 Å². The Bertz CT molecular complexity index is 578. The van der Waals surface area contributed by atoms with E-state index in [1.54, 1.807) is 6.07 Å². The summed E-state index contributed by atoms with van der Waals surface area (Å²) in [6.45, 7) is 1.89. The van der Waals surface area contributed by atoms with Crippen molar-refractivity contribution in [1.29, 1.82) is 0 Å². The Labute approximate surface area is 124 Å². The Kier molecular flexibility index (Phi) is 4.58. The molecule has 1 unspecified atom stereocenters. The van der Waals surface area contributed by atoms with Crippen molar-refractivity contribution < 1.29 is 8.78 Å². The van der Waals surface area contributed by atoms with Crippen LogP contribution >= 0.6 is 27.5 Å². The highest BCUT2D eigenvalue weighted by molar-refractivity contribution is 9.09. The van der Waals surface area contributed by atoms with Gasteiger partial charge in [0.1, 0.15) is 11.6 Å². The van der Waals surface area contributed by atoms with Crippen LogP contribution in [0, 0.1) is 18.6 Å². The van der Waals surface area contributed by atoms with Crippen molar-refractivity contribution in [1.82, 2.24) is 0 Å². The van der Waals surface area contributed by atoms with Crippen LogP contribution in [0.4, 0.5) is 8.78 Å². The molecule has 1 atom stereocenters. The highest BCUT2D eigenvalue weighted by Gasteiger charge is 2.17. The molecule has 2 aromatic carbocycles. The predicted molar refractivity (Wildman–Crippen MR) is 77.9 cm³/mol. The Hall–Kier alpha value is -0.930. The van der Waals surface area contributed by atoms with Gasteiger partial charge in [0.2, 0.25) is 0 Å². The minimum Gasteiger partial charge on any atom is -0.207 e. The fraction of sp³-hybridized carbons (Fsp3) is 0.200. The molecule has 0 N–H and O–H groups in total. The van der Waals surface area contributed by atoms with Gasteiger partial charge < -0.3 is 0 Å². The van der Waals surface area contributed by atoms with Gasteiger partial charge in [0, 0.05) is 15.4 Å². The van der Waals surface area contributed by atoms with Gasteiger partial charge in [-0.15, -0.1) is 0 Å². The first kappa shape index (κ1) is 14.5. The maximum absolute atomic E-state index is 13.6. The van der Waals surface area contributed by atoms with Crippen molar-refractivity contribution in [3.05, 3.63) is 69.7 Å². The van der Waals surface area contributed by atoms with Gasteiger partial charge in [-0.3, -0.25) is 0 Å². The maximum atomic E-state index is 13.6. The molecule has 0 aliphatic carbocycles. The van der Waals surface area contributed by atoms with E-state index in [1.165, 1.54) is 18.2 Å². The average Bonchev–Trinajstić information content (AvgIpc) is 2.37. The molecule has 0 spiro atoms. The van der Waals surface area contributed by atoms with E-state index >= 15 is 0 Å². The van der Waals surface area contributed by atoms with Gasteiger partial charge >= 0.3 is 0 Å². The van der Waals surface area contributed by atoms with Crippen molar-refractivity contribution in [3.8, 4) is 0 Å². The minimum absolute atomic E-state index is 0.0868.